The molecular weight excluding hydrogens is 246 g/mol. The average Bonchev–Trinajstić information content (AvgIpc) is 2.71. The summed E-state index contributed by atoms with van der Waals surface area (Å²) in [4.78, 5) is 15.6. The maximum absolute atomic E-state index is 11.2. The van der Waals surface area contributed by atoms with Gasteiger partial charge in [0.1, 0.15) is 5.78 Å². The highest BCUT2D eigenvalue weighted by Crippen LogP contribution is 2.30. The summed E-state index contributed by atoms with van der Waals surface area (Å²) in [5.74, 6) is 0.894. The van der Waals surface area contributed by atoms with E-state index in [1.54, 1.807) is 6.92 Å². The average molecular weight is 261 g/mol. The van der Waals surface area contributed by atoms with E-state index in [2.05, 4.69) is 4.98 Å². The summed E-state index contributed by atoms with van der Waals surface area (Å²) in [7, 11) is 0. The van der Waals surface area contributed by atoms with Crippen LogP contribution in [0.2, 0.25) is 0 Å². The van der Waals surface area contributed by atoms with Crippen LogP contribution in [-0.4, -0.2) is 16.0 Å². The first kappa shape index (κ1) is 12.9. The Morgan fingerprint density at radius 3 is 2.61 bits per heavy atom. The SMILES string of the molecule is CC(=O)C(C)Sc1nc(C)c(-c2ccccc2)o1. The van der Waals surface area contributed by atoms with Gasteiger partial charge in [0, 0.05) is 5.56 Å². The number of hydrogen-bond donors (Lipinski definition) is 0. The number of benzene rings is 1. The maximum Gasteiger partial charge on any atom is 0.257 e. The molecule has 94 valence electrons. The van der Waals surface area contributed by atoms with Crippen LogP contribution in [0.15, 0.2) is 40.0 Å². The number of ketones is 1. The summed E-state index contributed by atoms with van der Waals surface area (Å²) in [6.07, 6.45) is 0. The molecule has 18 heavy (non-hydrogen) atoms. The van der Waals surface area contributed by atoms with Gasteiger partial charge in [-0.2, -0.15) is 0 Å². The predicted octanol–water partition coefficient (Wildman–Crippen LogP) is 3.72. The molecule has 0 saturated heterocycles. The Labute approximate surface area is 111 Å². The highest BCUT2D eigenvalue weighted by Gasteiger charge is 2.16. The number of carbonyl (C=O) groups excluding carboxylic acids is 1. The molecule has 1 unspecified atom stereocenters. The summed E-state index contributed by atoms with van der Waals surface area (Å²) in [5, 5.41) is 0.417. The van der Waals surface area contributed by atoms with Crippen molar-refractivity contribution in [3.63, 3.8) is 0 Å². The van der Waals surface area contributed by atoms with Crippen LogP contribution in [0.1, 0.15) is 19.5 Å². The lowest BCUT2D eigenvalue weighted by Crippen LogP contribution is -2.07. The second-order valence-electron chi connectivity index (χ2n) is 4.13. The molecule has 0 aliphatic rings. The van der Waals surface area contributed by atoms with Gasteiger partial charge in [-0.15, -0.1) is 0 Å². The number of thioether (sulfide) groups is 1. The Morgan fingerprint density at radius 1 is 1.33 bits per heavy atom. The first-order valence-electron chi connectivity index (χ1n) is 5.78. The smallest absolute Gasteiger partial charge is 0.257 e. The fraction of sp³-hybridized carbons (Fsp3) is 0.286. The van der Waals surface area contributed by atoms with Crippen molar-refractivity contribution in [1.82, 2.24) is 4.98 Å². The van der Waals surface area contributed by atoms with Crippen molar-refractivity contribution < 1.29 is 9.21 Å². The lowest BCUT2D eigenvalue weighted by molar-refractivity contribution is -0.116. The molecule has 1 atom stereocenters. The fourth-order valence-corrected chi connectivity index (χ4v) is 2.30. The number of nitrogens with zero attached hydrogens (tertiary/aromatic N) is 1. The monoisotopic (exact) mass is 261 g/mol. The van der Waals surface area contributed by atoms with Crippen LogP contribution >= 0.6 is 11.8 Å². The van der Waals surface area contributed by atoms with Crippen molar-refractivity contribution in [2.45, 2.75) is 31.2 Å². The third-order valence-electron chi connectivity index (χ3n) is 2.66. The third-order valence-corrected chi connectivity index (χ3v) is 3.72. The van der Waals surface area contributed by atoms with Gasteiger partial charge in [-0.1, -0.05) is 42.1 Å². The minimum absolute atomic E-state index is 0.122. The van der Waals surface area contributed by atoms with Gasteiger partial charge >= 0.3 is 0 Å². The maximum atomic E-state index is 11.2. The van der Waals surface area contributed by atoms with Gasteiger partial charge in [0.2, 0.25) is 0 Å². The van der Waals surface area contributed by atoms with Crippen molar-refractivity contribution in [3.8, 4) is 11.3 Å². The Hall–Kier alpha value is -1.55. The van der Waals surface area contributed by atoms with Crippen LogP contribution < -0.4 is 0 Å². The molecule has 1 heterocycles. The van der Waals surface area contributed by atoms with E-state index in [-0.39, 0.29) is 11.0 Å². The molecule has 1 aromatic carbocycles. The number of oxazole rings is 1. The number of aryl methyl sites for hydroxylation is 1. The minimum Gasteiger partial charge on any atom is -0.431 e. The quantitative estimate of drug-likeness (QED) is 0.787. The first-order chi connectivity index (χ1) is 8.58. The van der Waals surface area contributed by atoms with Crippen LogP contribution in [0.4, 0.5) is 0 Å². The van der Waals surface area contributed by atoms with Crippen LogP contribution in [-0.2, 0) is 4.79 Å². The molecule has 0 aliphatic heterocycles. The molecule has 1 aromatic heterocycles. The Balaban J connectivity index is 2.25. The van der Waals surface area contributed by atoms with Crippen LogP contribution in [0.3, 0.4) is 0 Å². The standard InChI is InChI=1S/C14H15NO2S/c1-9-13(12-7-5-4-6-8-12)17-14(15-9)18-11(3)10(2)16/h4-8,11H,1-3H3. The molecule has 0 bridgehead atoms. The number of Topliss-reactive ketones (excluding diaryl/α,β-unsaturated/α-hetero) is 1. The predicted molar refractivity (Wildman–Crippen MR) is 72.7 cm³/mol. The second-order valence-corrected chi connectivity index (χ2v) is 5.42. The van der Waals surface area contributed by atoms with E-state index in [0.29, 0.717) is 5.22 Å². The lowest BCUT2D eigenvalue weighted by Gasteiger charge is -2.02. The fourth-order valence-electron chi connectivity index (χ4n) is 1.51. The summed E-state index contributed by atoms with van der Waals surface area (Å²) >= 11 is 1.35. The molecule has 2 rings (SSSR count). The zero-order valence-electron chi connectivity index (χ0n) is 10.6. The zero-order chi connectivity index (χ0) is 13.1. The van der Waals surface area contributed by atoms with Crippen molar-refractivity contribution in [2.75, 3.05) is 0 Å². The minimum atomic E-state index is -0.133. The number of carbonyl (C=O) groups is 1. The second kappa shape index (κ2) is 5.40. The number of aromatic nitrogens is 1. The molecule has 0 spiro atoms. The van der Waals surface area contributed by atoms with Gasteiger partial charge in [-0.3, -0.25) is 4.79 Å². The Kier molecular flexibility index (Phi) is 3.87. The van der Waals surface area contributed by atoms with E-state index >= 15 is 0 Å². The Bertz CT molecular complexity index is 548. The summed E-state index contributed by atoms with van der Waals surface area (Å²) in [5.41, 5.74) is 1.85. The Morgan fingerprint density at radius 2 is 2.00 bits per heavy atom. The van der Waals surface area contributed by atoms with Crippen molar-refractivity contribution in [1.29, 1.82) is 0 Å². The van der Waals surface area contributed by atoms with Crippen molar-refractivity contribution in [2.24, 2.45) is 0 Å². The first-order valence-corrected chi connectivity index (χ1v) is 6.66. The zero-order valence-corrected chi connectivity index (χ0v) is 11.5. The van der Waals surface area contributed by atoms with E-state index in [4.69, 9.17) is 4.42 Å². The normalized spacial score (nSPS) is 12.4. The topological polar surface area (TPSA) is 43.1 Å². The van der Waals surface area contributed by atoms with Crippen molar-refractivity contribution in [3.05, 3.63) is 36.0 Å². The third kappa shape index (κ3) is 2.82. The summed E-state index contributed by atoms with van der Waals surface area (Å²) < 4.78 is 5.72. The summed E-state index contributed by atoms with van der Waals surface area (Å²) in [6.45, 7) is 5.34. The molecular formula is C14H15NO2S. The largest absolute Gasteiger partial charge is 0.431 e. The van der Waals surface area contributed by atoms with Crippen molar-refractivity contribution >= 4 is 17.5 Å². The molecule has 3 nitrogen and oxygen atoms in total. The van der Waals surface area contributed by atoms with Gasteiger partial charge in [0.25, 0.3) is 5.22 Å². The van der Waals surface area contributed by atoms with Gasteiger partial charge in [-0.25, -0.2) is 4.98 Å². The number of rotatable bonds is 4. The van der Waals surface area contributed by atoms with E-state index < -0.39 is 0 Å². The van der Waals surface area contributed by atoms with E-state index in [0.717, 1.165) is 17.0 Å². The summed E-state index contributed by atoms with van der Waals surface area (Å²) in [6, 6.07) is 9.85. The highest BCUT2D eigenvalue weighted by molar-refractivity contribution is 8.00. The molecule has 0 fully saturated rings. The van der Waals surface area contributed by atoms with Crippen LogP contribution in [0.5, 0.6) is 0 Å². The van der Waals surface area contributed by atoms with E-state index in [9.17, 15) is 4.79 Å². The molecule has 0 saturated carbocycles. The number of hydrogen-bond acceptors (Lipinski definition) is 4. The van der Waals surface area contributed by atoms with Gasteiger partial charge < -0.3 is 4.42 Å². The van der Waals surface area contributed by atoms with Crippen LogP contribution in [0.25, 0.3) is 11.3 Å². The highest BCUT2D eigenvalue weighted by atomic mass is 32.2. The molecule has 0 N–H and O–H groups in total. The molecule has 4 heteroatoms. The lowest BCUT2D eigenvalue weighted by atomic mass is 10.1. The molecule has 0 radical (unpaired) electrons. The van der Waals surface area contributed by atoms with Gasteiger partial charge in [0.15, 0.2) is 5.76 Å². The molecule has 2 aromatic rings. The van der Waals surface area contributed by atoms with E-state index in [1.807, 2.05) is 44.2 Å². The van der Waals surface area contributed by atoms with E-state index in [1.165, 1.54) is 11.8 Å². The van der Waals surface area contributed by atoms with Gasteiger partial charge in [-0.05, 0) is 20.8 Å². The molecule has 0 aliphatic carbocycles. The van der Waals surface area contributed by atoms with Crippen LogP contribution in [0, 0.1) is 6.92 Å². The molecule has 0 amide bonds. The van der Waals surface area contributed by atoms with Gasteiger partial charge in [0.05, 0.1) is 10.9 Å².